The molecule has 2 aliphatic rings. The van der Waals surface area contributed by atoms with Gasteiger partial charge in [0, 0.05) is 38.5 Å². The Labute approximate surface area is 116 Å². The van der Waals surface area contributed by atoms with E-state index in [1.165, 1.54) is 11.8 Å². The number of nitrogens with zero attached hydrogens (tertiary/aromatic N) is 1. The largest absolute Gasteiger partial charge is 0.394 e. The second kappa shape index (κ2) is 6.58. The van der Waals surface area contributed by atoms with Gasteiger partial charge in [-0.15, -0.1) is 0 Å². The highest BCUT2D eigenvalue weighted by Gasteiger charge is 2.33. The topological polar surface area (TPSA) is 78.9 Å². The lowest BCUT2D eigenvalue weighted by molar-refractivity contribution is -0.125. The van der Waals surface area contributed by atoms with Crippen molar-refractivity contribution in [2.45, 2.75) is 24.8 Å². The van der Waals surface area contributed by atoms with E-state index in [9.17, 15) is 14.7 Å². The van der Waals surface area contributed by atoms with Crippen molar-refractivity contribution in [3.8, 4) is 0 Å². The summed E-state index contributed by atoms with van der Waals surface area (Å²) < 4.78 is 5.25. The van der Waals surface area contributed by atoms with Crippen molar-refractivity contribution in [3.63, 3.8) is 0 Å². The number of carbonyl (C=O) groups is 2. The molecule has 2 rings (SSSR count). The zero-order chi connectivity index (χ0) is 13.7. The van der Waals surface area contributed by atoms with Crippen LogP contribution in [0.1, 0.15) is 19.3 Å². The molecule has 0 spiro atoms. The summed E-state index contributed by atoms with van der Waals surface area (Å²) in [7, 11) is 0. The fourth-order valence-corrected chi connectivity index (χ4v) is 3.16. The van der Waals surface area contributed by atoms with Crippen molar-refractivity contribution in [1.82, 2.24) is 10.2 Å². The summed E-state index contributed by atoms with van der Waals surface area (Å²) in [6.45, 7) is 2.22. The third-order valence-electron chi connectivity index (χ3n) is 3.61. The molecule has 0 aromatic heterocycles. The summed E-state index contributed by atoms with van der Waals surface area (Å²) in [4.78, 5) is 25.0. The van der Waals surface area contributed by atoms with Crippen molar-refractivity contribution in [2.75, 3.05) is 38.7 Å². The molecule has 108 valence electrons. The molecule has 2 aliphatic heterocycles. The van der Waals surface area contributed by atoms with E-state index in [-0.39, 0.29) is 24.2 Å². The second-order valence-corrected chi connectivity index (χ2v) is 6.00. The van der Waals surface area contributed by atoms with Gasteiger partial charge in [-0.05, 0) is 12.8 Å². The minimum Gasteiger partial charge on any atom is -0.394 e. The van der Waals surface area contributed by atoms with Gasteiger partial charge < -0.3 is 20.1 Å². The van der Waals surface area contributed by atoms with Gasteiger partial charge >= 0.3 is 0 Å². The van der Waals surface area contributed by atoms with Crippen LogP contribution in [0.25, 0.3) is 0 Å². The predicted octanol–water partition coefficient (Wildman–Crippen LogP) is 0.203. The van der Waals surface area contributed by atoms with Crippen molar-refractivity contribution < 1.29 is 19.4 Å². The summed E-state index contributed by atoms with van der Waals surface area (Å²) in [5, 5.41) is 12.4. The van der Waals surface area contributed by atoms with Gasteiger partial charge in [0.25, 0.3) is 5.24 Å². The monoisotopic (exact) mass is 288 g/mol. The van der Waals surface area contributed by atoms with Crippen LogP contribution in [0.3, 0.4) is 0 Å². The molecule has 2 amide bonds. The molecular weight excluding hydrogens is 268 g/mol. The van der Waals surface area contributed by atoms with Gasteiger partial charge in [-0.25, -0.2) is 0 Å². The summed E-state index contributed by atoms with van der Waals surface area (Å²) in [5.41, 5.74) is -0.543. The Hall–Kier alpha value is -0.790. The molecule has 6 nitrogen and oxygen atoms in total. The van der Waals surface area contributed by atoms with E-state index >= 15 is 0 Å². The SMILES string of the molecule is O=C(CCN1CCSC1=O)NC1(CO)CCOCC1. The average Bonchev–Trinajstić information content (AvgIpc) is 2.83. The highest BCUT2D eigenvalue weighted by atomic mass is 32.2. The Kier molecular flexibility index (Phi) is 5.06. The van der Waals surface area contributed by atoms with Gasteiger partial charge in [-0.3, -0.25) is 9.59 Å². The summed E-state index contributed by atoms with van der Waals surface area (Å²) in [6, 6.07) is 0. The minimum absolute atomic E-state index is 0.0516. The molecule has 0 saturated carbocycles. The van der Waals surface area contributed by atoms with Crippen LogP contribution >= 0.6 is 11.8 Å². The summed E-state index contributed by atoms with van der Waals surface area (Å²) in [5.74, 6) is 0.693. The van der Waals surface area contributed by atoms with Crippen LogP contribution in [0.15, 0.2) is 0 Å². The van der Waals surface area contributed by atoms with Crippen molar-refractivity contribution in [1.29, 1.82) is 0 Å². The van der Waals surface area contributed by atoms with Crippen LogP contribution < -0.4 is 5.32 Å². The fraction of sp³-hybridized carbons (Fsp3) is 0.833. The van der Waals surface area contributed by atoms with E-state index in [1.807, 2.05) is 0 Å². The molecule has 2 N–H and O–H groups in total. The fourth-order valence-electron chi connectivity index (χ4n) is 2.31. The van der Waals surface area contributed by atoms with Gasteiger partial charge in [0.2, 0.25) is 5.91 Å². The molecular formula is C12H20N2O4S. The Morgan fingerprint density at radius 2 is 2.21 bits per heavy atom. The van der Waals surface area contributed by atoms with E-state index in [4.69, 9.17) is 4.74 Å². The first-order valence-electron chi connectivity index (χ1n) is 6.56. The number of aliphatic hydroxyl groups is 1. The third-order valence-corrected chi connectivity index (χ3v) is 4.50. The highest BCUT2D eigenvalue weighted by Crippen LogP contribution is 2.21. The summed E-state index contributed by atoms with van der Waals surface area (Å²) >= 11 is 1.30. The van der Waals surface area contributed by atoms with Crippen LogP contribution in [-0.4, -0.2) is 65.4 Å². The number of ether oxygens (including phenoxy) is 1. The van der Waals surface area contributed by atoms with Gasteiger partial charge in [0.15, 0.2) is 0 Å². The lowest BCUT2D eigenvalue weighted by Gasteiger charge is -2.36. The Morgan fingerprint density at radius 3 is 2.79 bits per heavy atom. The zero-order valence-electron chi connectivity index (χ0n) is 10.9. The van der Waals surface area contributed by atoms with E-state index in [0.29, 0.717) is 32.6 Å². The molecule has 0 aromatic carbocycles. The highest BCUT2D eigenvalue weighted by molar-refractivity contribution is 8.13. The maximum Gasteiger partial charge on any atom is 0.281 e. The van der Waals surface area contributed by atoms with Crippen LogP contribution in [0.4, 0.5) is 4.79 Å². The number of nitrogens with one attached hydrogen (secondary N) is 1. The lowest BCUT2D eigenvalue weighted by Crippen LogP contribution is -2.55. The van der Waals surface area contributed by atoms with Gasteiger partial charge in [0.05, 0.1) is 12.1 Å². The molecule has 0 aromatic rings. The first kappa shape index (κ1) is 14.6. The number of thioether (sulfide) groups is 1. The normalized spacial score (nSPS) is 22.6. The van der Waals surface area contributed by atoms with Crippen LogP contribution in [0, 0.1) is 0 Å². The number of hydrogen-bond acceptors (Lipinski definition) is 5. The molecule has 0 radical (unpaired) electrons. The second-order valence-electron chi connectivity index (χ2n) is 4.95. The van der Waals surface area contributed by atoms with Crippen molar-refractivity contribution in [2.24, 2.45) is 0 Å². The van der Waals surface area contributed by atoms with Crippen molar-refractivity contribution in [3.05, 3.63) is 0 Å². The first-order valence-corrected chi connectivity index (χ1v) is 7.55. The molecule has 2 saturated heterocycles. The first-order chi connectivity index (χ1) is 9.15. The molecule has 0 bridgehead atoms. The third kappa shape index (κ3) is 3.84. The molecule has 19 heavy (non-hydrogen) atoms. The number of hydrogen-bond donors (Lipinski definition) is 2. The standard InChI is InChI=1S/C12H20N2O4S/c15-9-12(2-6-18-7-3-12)13-10(16)1-4-14-5-8-19-11(14)17/h15H,1-9H2,(H,13,16). The van der Waals surface area contributed by atoms with E-state index in [0.717, 1.165) is 12.3 Å². The van der Waals surface area contributed by atoms with E-state index in [2.05, 4.69) is 5.32 Å². The molecule has 0 atom stereocenters. The number of amides is 2. The maximum absolute atomic E-state index is 11.9. The van der Waals surface area contributed by atoms with E-state index < -0.39 is 5.54 Å². The van der Waals surface area contributed by atoms with Crippen LogP contribution in [0.5, 0.6) is 0 Å². The lowest BCUT2D eigenvalue weighted by atomic mass is 9.91. The Bertz CT molecular complexity index is 345. The van der Waals surface area contributed by atoms with Gasteiger partial charge in [0.1, 0.15) is 0 Å². The quantitative estimate of drug-likeness (QED) is 0.756. The number of carbonyl (C=O) groups excluding carboxylic acids is 2. The van der Waals surface area contributed by atoms with Gasteiger partial charge in [-0.2, -0.15) is 0 Å². The predicted molar refractivity (Wildman–Crippen MR) is 72.1 cm³/mol. The Morgan fingerprint density at radius 1 is 1.47 bits per heavy atom. The Balaban J connectivity index is 1.77. The smallest absolute Gasteiger partial charge is 0.281 e. The van der Waals surface area contributed by atoms with Crippen LogP contribution in [-0.2, 0) is 9.53 Å². The molecule has 2 fully saturated rings. The molecule has 0 unspecified atom stereocenters. The molecule has 7 heteroatoms. The molecule has 2 heterocycles. The average molecular weight is 288 g/mol. The summed E-state index contributed by atoms with van der Waals surface area (Å²) in [6.07, 6.45) is 1.55. The molecule has 0 aliphatic carbocycles. The number of aliphatic hydroxyl groups excluding tert-OH is 1. The van der Waals surface area contributed by atoms with Crippen molar-refractivity contribution >= 4 is 22.9 Å². The zero-order valence-corrected chi connectivity index (χ0v) is 11.7. The van der Waals surface area contributed by atoms with Gasteiger partial charge in [-0.1, -0.05) is 11.8 Å². The van der Waals surface area contributed by atoms with E-state index in [1.54, 1.807) is 4.90 Å². The minimum atomic E-state index is -0.543. The van der Waals surface area contributed by atoms with Crippen LogP contribution in [0.2, 0.25) is 0 Å². The number of rotatable bonds is 5. The maximum atomic E-state index is 11.9.